The Kier molecular flexibility index (Phi) is 5.90. The van der Waals surface area contributed by atoms with E-state index in [1.807, 2.05) is 18.2 Å². The molecule has 0 saturated heterocycles. The minimum Gasteiger partial charge on any atom is -0.493 e. The second-order valence-electron chi connectivity index (χ2n) is 5.96. The van der Waals surface area contributed by atoms with Gasteiger partial charge in [0.05, 0.1) is 27.8 Å². The number of hydrogen-bond donors (Lipinski definition) is 1. The maximum Gasteiger partial charge on any atom is 0.231 e. The van der Waals surface area contributed by atoms with Crippen molar-refractivity contribution in [2.45, 2.75) is 12.8 Å². The zero-order chi connectivity index (χ0) is 19.2. The molecule has 7 heteroatoms. The molecule has 1 amide bonds. The average molecular weight is 373 g/mol. The van der Waals surface area contributed by atoms with Crippen molar-refractivity contribution in [2.24, 2.45) is 0 Å². The molecule has 1 aliphatic heterocycles. The van der Waals surface area contributed by atoms with E-state index in [4.69, 9.17) is 23.7 Å². The first-order valence-corrected chi connectivity index (χ1v) is 8.59. The van der Waals surface area contributed by atoms with E-state index in [-0.39, 0.29) is 19.1 Å². The predicted molar refractivity (Wildman–Crippen MR) is 99.1 cm³/mol. The summed E-state index contributed by atoms with van der Waals surface area (Å²) in [5.74, 6) is 3.12. The Balaban J connectivity index is 1.56. The first-order chi connectivity index (χ1) is 13.2. The van der Waals surface area contributed by atoms with Crippen LogP contribution in [0.4, 0.5) is 0 Å². The highest BCUT2D eigenvalue weighted by Crippen LogP contribution is 2.43. The molecule has 0 fully saturated rings. The van der Waals surface area contributed by atoms with E-state index in [1.54, 1.807) is 33.5 Å². The second kappa shape index (κ2) is 8.53. The molecule has 2 aromatic carbocycles. The summed E-state index contributed by atoms with van der Waals surface area (Å²) in [7, 11) is 4.74. The molecule has 1 heterocycles. The highest BCUT2D eigenvalue weighted by Gasteiger charge is 2.22. The van der Waals surface area contributed by atoms with Gasteiger partial charge in [0.25, 0.3) is 0 Å². The molecule has 0 unspecified atom stereocenters. The van der Waals surface area contributed by atoms with Crippen molar-refractivity contribution >= 4 is 5.91 Å². The Hall–Kier alpha value is -3.09. The number of hydrogen-bond acceptors (Lipinski definition) is 6. The van der Waals surface area contributed by atoms with Gasteiger partial charge in [-0.1, -0.05) is 12.1 Å². The quantitative estimate of drug-likeness (QED) is 0.766. The van der Waals surface area contributed by atoms with Gasteiger partial charge in [-0.05, 0) is 30.2 Å². The number of nitrogens with one attached hydrogen (secondary N) is 1. The minimum absolute atomic E-state index is 0.0652. The molecule has 2 aromatic rings. The molecule has 27 heavy (non-hydrogen) atoms. The van der Waals surface area contributed by atoms with Crippen molar-refractivity contribution in [3.05, 3.63) is 41.5 Å². The third-order valence-electron chi connectivity index (χ3n) is 4.31. The lowest BCUT2D eigenvalue weighted by Crippen LogP contribution is -2.27. The largest absolute Gasteiger partial charge is 0.493 e. The van der Waals surface area contributed by atoms with Gasteiger partial charge >= 0.3 is 0 Å². The van der Waals surface area contributed by atoms with Crippen LogP contribution in [0.2, 0.25) is 0 Å². The third-order valence-corrected chi connectivity index (χ3v) is 4.31. The lowest BCUT2D eigenvalue weighted by molar-refractivity contribution is -0.120. The molecule has 0 spiro atoms. The molecule has 144 valence electrons. The average Bonchev–Trinajstić information content (AvgIpc) is 3.18. The molecule has 0 aromatic heterocycles. The lowest BCUT2D eigenvalue weighted by Gasteiger charge is -2.11. The highest BCUT2D eigenvalue weighted by molar-refractivity contribution is 5.78. The molecule has 0 saturated carbocycles. The van der Waals surface area contributed by atoms with Gasteiger partial charge in [-0.25, -0.2) is 0 Å². The van der Waals surface area contributed by atoms with Gasteiger partial charge in [-0.3, -0.25) is 4.79 Å². The highest BCUT2D eigenvalue weighted by atomic mass is 16.7. The summed E-state index contributed by atoms with van der Waals surface area (Å²) in [5, 5.41) is 2.93. The fraction of sp³-hybridized carbons (Fsp3) is 0.350. The number of carbonyl (C=O) groups is 1. The van der Waals surface area contributed by atoms with Crippen LogP contribution in [-0.4, -0.2) is 40.6 Å². The van der Waals surface area contributed by atoms with E-state index in [9.17, 15) is 4.79 Å². The number of fused-ring (bicyclic) bond motifs is 1. The monoisotopic (exact) mass is 373 g/mol. The topological polar surface area (TPSA) is 75.3 Å². The van der Waals surface area contributed by atoms with E-state index in [0.717, 1.165) is 11.1 Å². The summed E-state index contributed by atoms with van der Waals surface area (Å²) in [6.07, 6.45) is 0.897. The summed E-state index contributed by atoms with van der Waals surface area (Å²) in [4.78, 5) is 12.2. The van der Waals surface area contributed by atoms with Crippen LogP contribution in [0.15, 0.2) is 30.3 Å². The van der Waals surface area contributed by atoms with Crippen LogP contribution in [-0.2, 0) is 17.6 Å². The van der Waals surface area contributed by atoms with Crippen LogP contribution in [0.3, 0.4) is 0 Å². The summed E-state index contributed by atoms with van der Waals surface area (Å²) in [6, 6.07) is 9.21. The first-order valence-electron chi connectivity index (χ1n) is 8.59. The van der Waals surface area contributed by atoms with Crippen molar-refractivity contribution < 1.29 is 28.5 Å². The van der Waals surface area contributed by atoms with Gasteiger partial charge in [-0.2, -0.15) is 0 Å². The summed E-state index contributed by atoms with van der Waals surface area (Å²) in [5.41, 5.74) is 1.82. The van der Waals surface area contributed by atoms with E-state index in [0.29, 0.717) is 41.7 Å². The van der Waals surface area contributed by atoms with Crippen LogP contribution in [0, 0.1) is 0 Å². The van der Waals surface area contributed by atoms with E-state index < -0.39 is 0 Å². The van der Waals surface area contributed by atoms with Crippen LogP contribution in [0.1, 0.15) is 11.1 Å². The maximum atomic E-state index is 12.2. The Bertz CT molecular complexity index is 820. The van der Waals surface area contributed by atoms with Crippen molar-refractivity contribution in [3.8, 4) is 28.7 Å². The summed E-state index contributed by atoms with van der Waals surface area (Å²) in [6.45, 7) is 0.669. The smallest absolute Gasteiger partial charge is 0.231 e. The molecule has 0 radical (unpaired) electrons. The summed E-state index contributed by atoms with van der Waals surface area (Å²) >= 11 is 0. The van der Waals surface area contributed by atoms with Crippen molar-refractivity contribution in [2.75, 3.05) is 34.7 Å². The fourth-order valence-corrected chi connectivity index (χ4v) is 2.96. The predicted octanol–water partition coefficient (Wildman–Crippen LogP) is 2.34. The van der Waals surface area contributed by atoms with Gasteiger partial charge in [0.1, 0.15) is 0 Å². The SMILES string of the molecule is COc1ccc(CC(=O)NCCc2ccc(OC)c3c2OCO3)cc1OC. The number of carbonyl (C=O) groups excluding carboxylic acids is 1. The molecular formula is C20H23NO6. The number of methoxy groups -OCH3 is 3. The minimum atomic E-state index is -0.0652. The Labute approximate surface area is 158 Å². The normalized spacial score (nSPS) is 11.8. The van der Waals surface area contributed by atoms with Gasteiger partial charge in [0.2, 0.25) is 18.4 Å². The molecule has 0 bridgehead atoms. The van der Waals surface area contributed by atoms with Crippen LogP contribution in [0.5, 0.6) is 28.7 Å². The number of rotatable bonds is 8. The van der Waals surface area contributed by atoms with Gasteiger partial charge in [0.15, 0.2) is 23.0 Å². The Morgan fingerprint density at radius 2 is 1.67 bits per heavy atom. The van der Waals surface area contributed by atoms with E-state index in [2.05, 4.69) is 5.32 Å². The molecule has 0 aliphatic carbocycles. The fourth-order valence-electron chi connectivity index (χ4n) is 2.96. The van der Waals surface area contributed by atoms with Gasteiger partial charge in [0, 0.05) is 12.1 Å². The van der Waals surface area contributed by atoms with E-state index >= 15 is 0 Å². The van der Waals surface area contributed by atoms with Crippen molar-refractivity contribution in [3.63, 3.8) is 0 Å². The van der Waals surface area contributed by atoms with E-state index in [1.165, 1.54) is 0 Å². The number of amides is 1. The molecular weight excluding hydrogens is 350 g/mol. The zero-order valence-electron chi connectivity index (χ0n) is 15.7. The maximum absolute atomic E-state index is 12.2. The molecule has 1 aliphatic rings. The second-order valence-corrected chi connectivity index (χ2v) is 5.96. The van der Waals surface area contributed by atoms with Crippen LogP contribution >= 0.6 is 0 Å². The standard InChI is InChI=1S/C20H23NO6/c1-23-15-6-4-13(10-17(15)25-3)11-18(22)21-9-8-14-5-7-16(24-2)20-19(14)26-12-27-20/h4-7,10H,8-9,11-12H2,1-3H3,(H,21,22). The van der Waals surface area contributed by atoms with Crippen molar-refractivity contribution in [1.82, 2.24) is 5.32 Å². The number of benzene rings is 2. The van der Waals surface area contributed by atoms with Crippen molar-refractivity contribution in [1.29, 1.82) is 0 Å². The first kappa shape index (κ1) is 18.7. The molecule has 7 nitrogen and oxygen atoms in total. The van der Waals surface area contributed by atoms with Crippen LogP contribution < -0.4 is 29.0 Å². The Morgan fingerprint density at radius 1 is 0.963 bits per heavy atom. The molecule has 0 atom stereocenters. The summed E-state index contributed by atoms with van der Waals surface area (Å²) < 4.78 is 26.7. The van der Waals surface area contributed by atoms with Gasteiger partial charge in [-0.15, -0.1) is 0 Å². The van der Waals surface area contributed by atoms with Gasteiger partial charge < -0.3 is 29.0 Å². The van der Waals surface area contributed by atoms with Crippen LogP contribution in [0.25, 0.3) is 0 Å². The Morgan fingerprint density at radius 3 is 2.41 bits per heavy atom. The molecule has 1 N–H and O–H groups in total. The third kappa shape index (κ3) is 4.19. The molecule has 3 rings (SSSR count). The zero-order valence-corrected chi connectivity index (χ0v) is 15.7. The number of ether oxygens (including phenoxy) is 5. The lowest BCUT2D eigenvalue weighted by atomic mass is 10.1.